The Morgan fingerprint density at radius 1 is 1.17 bits per heavy atom. The van der Waals surface area contributed by atoms with E-state index in [1.165, 1.54) is 32.1 Å². The third-order valence-electron chi connectivity index (χ3n) is 3.88. The highest BCUT2D eigenvalue weighted by Gasteiger charge is 2.20. The highest BCUT2D eigenvalue weighted by atomic mass is 19.1. The Labute approximate surface area is 108 Å². The lowest BCUT2D eigenvalue weighted by atomic mass is 10.1. The fraction of sp³-hybridized carbons (Fsp3) is 0.600. The summed E-state index contributed by atoms with van der Waals surface area (Å²) in [5.41, 5.74) is 1.84. The molecule has 2 fully saturated rings. The molecule has 2 aliphatic rings. The van der Waals surface area contributed by atoms with Crippen molar-refractivity contribution >= 4 is 5.69 Å². The summed E-state index contributed by atoms with van der Waals surface area (Å²) in [6, 6.07) is 6.38. The summed E-state index contributed by atoms with van der Waals surface area (Å²) in [6.07, 6.45) is 6.19. The summed E-state index contributed by atoms with van der Waals surface area (Å²) < 4.78 is 14.1. The van der Waals surface area contributed by atoms with E-state index in [4.69, 9.17) is 0 Å². The third-order valence-corrected chi connectivity index (χ3v) is 3.88. The summed E-state index contributed by atoms with van der Waals surface area (Å²) >= 11 is 0. The molecule has 98 valence electrons. The van der Waals surface area contributed by atoms with E-state index in [1.807, 2.05) is 6.07 Å². The third kappa shape index (κ3) is 2.83. The SMILES string of the molecule is Fc1cc(CNC2CC2)ccc1N1CCCCC1. The van der Waals surface area contributed by atoms with Crippen LogP contribution in [-0.2, 0) is 6.54 Å². The largest absolute Gasteiger partial charge is 0.369 e. The molecule has 1 saturated carbocycles. The molecule has 0 bridgehead atoms. The molecule has 1 heterocycles. The van der Waals surface area contributed by atoms with Crippen molar-refractivity contribution in [3.05, 3.63) is 29.6 Å². The molecule has 18 heavy (non-hydrogen) atoms. The molecule has 3 heteroatoms. The van der Waals surface area contributed by atoms with Crippen molar-refractivity contribution in [2.24, 2.45) is 0 Å². The van der Waals surface area contributed by atoms with Crippen molar-refractivity contribution in [2.75, 3.05) is 18.0 Å². The summed E-state index contributed by atoms with van der Waals surface area (Å²) in [6.45, 7) is 2.79. The van der Waals surface area contributed by atoms with E-state index in [1.54, 1.807) is 6.07 Å². The number of halogens is 1. The Kier molecular flexibility index (Phi) is 3.50. The summed E-state index contributed by atoms with van der Waals surface area (Å²) in [4.78, 5) is 2.18. The Balaban J connectivity index is 1.66. The second-order valence-electron chi connectivity index (χ2n) is 5.49. The molecule has 2 nitrogen and oxygen atoms in total. The molecule has 0 unspecified atom stereocenters. The van der Waals surface area contributed by atoms with Gasteiger partial charge in [0.1, 0.15) is 5.82 Å². The van der Waals surface area contributed by atoms with Crippen molar-refractivity contribution in [1.29, 1.82) is 0 Å². The van der Waals surface area contributed by atoms with Crippen molar-refractivity contribution in [3.8, 4) is 0 Å². The fourth-order valence-corrected chi connectivity index (χ4v) is 2.60. The zero-order valence-electron chi connectivity index (χ0n) is 10.8. The summed E-state index contributed by atoms with van der Waals surface area (Å²) in [7, 11) is 0. The Morgan fingerprint density at radius 3 is 2.61 bits per heavy atom. The van der Waals surface area contributed by atoms with Gasteiger partial charge in [0.15, 0.2) is 0 Å². The number of rotatable bonds is 4. The number of nitrogens with one attached hydrogen (secondary N) is 1. The van der Waals surface area contributed by atoms with Crippen LogP contribution in [0.4, 0.5) is 10.1 Å². The standard InChI is InChI=1S/C15H21FN2/c16-14-10-12(11-17-13-5-6-13)4-7-15(14)18-8-2-1-3-9-18/h4,7,10,13,17H,1-3,5-6,8-9,11H2. The van der Waals surface area contributed by atoms with Gasteiger partial charge in [-0.25, -0.2) is 4.39 Å². The molecular weight excluding hydrogens is 227 g/mol. The predicted octanol–water partition coefficient (Wildman–Crippen LogP) is 3.07. The van der Waals surface area contributed by atoms with Crippen LogP contribution in [-0.4, -0.2) is 19.1 Å². The molecule has 0 aromatic heterocycles. The molecule has 1 N–H and O–H groups in total. The van der Waals surface area contributed by atoms with E-state index in [0.717, 1.165) is 30.9 Å². The highest BCUT2D eigenvalue weighted by Crippen LogP contribution is 2.25. The predicted molar refractivity (Wildman–Crippen MR) is 72.3 cm³/mol. The molecule has 0 atom stereocenters. The number of hydrogen-bond donors (Lipinski definition) is 1. The molecule has 1 aromatic rings. The quantitative estimate of drug-likeness (QED) is 0.881. The minimum atomic E-state index is -0.0630. The van der Waals surface area contributed by atoms with Crippen LogP contribution in [0.1, 0.15) is 37.7 Å². The minimum absolute atomic E-state index is 0.0630. The van der Waals surface area contributed by atoms with Crippen LogP contribution >= 0.6 is 0 Å². The molecule has 1 aliphatic heterocycles. The average Bonchev–Trinajstić information content (AvgIpc) is 3.21. The van der Waals surface area contributed by atoms with Gasteiger partial charge in [-0.1, -0.05) is 6.07 Å². The van der Waals surface area contributed by atoms with E-state index in [2.05, 4.69) is 16.3 Å². The van der Waals surface area contributed by atoms with Crippen LogP contribution in [0.3, 0.4) is 0 Å². The maximum Gasteiger partial charge on any atom is 0.146 e. The van der Waals surface area contributed by atoms with Gasteiger partial charge < -0.3 is 10.2 Å². The van der Waals surface area contributed by atoms with Crippen molar-refractivity contribution < 1.29 is 4.39 Å². The normalized spacial score (nSPS) is 20.2. The van der Waals surface area contributed by atoms with E-state index >= 15 is 0 Å². The van der Waals surface area contributed by atoms with E-state index in [9.17, 15) is 4.39 Å². The lowest BCUT2D eigenvalue weighted by molar-refractivity contribution is 0.555. The first-order chi connectivity index (χ1) is 8.83. The Hall–Kier alpha value is -1.09. The first kappa shape index (κ1) is 12.0. The highest BCUT2D eigenvalue weighted by molar-refractivity contribution is 5.49. The smallest absolute Gasteiger partial charge is 0.146 e. The van der Waals surface area contributed by atoms with Gasteiger partial charge in [0.25, 0.3) is 0 Å². The first-order valence-corrected chi connectivity index (χ1v) is 7.10. The van der Waals surface area contributed by atoms with Gasteiger partial charge >= 0.3 is 0 Å². The van der Waals surface area contributed by atoms with Gasteiger partial charge in [-0.05, 0) is 49.8 Å². The lowest BCUT2D eigenvalue weighted by Crippen LogP contribution is -2.30. The molecule has 0 spiro atoms. The number of piperidine rings is 1. The second-order valence-corrected chi connectivity index (χ2v) is 5.49. The topological polar surface area (TPSA) is 15.3 Å². The Morgan fingerprint density at radius 2 is 1.94 bits per heavy atom. The van der Waals surface area contributed by atoms with Crippen LogP contribution in [0.25, 0.3) is 0 Å². The summed E-state index contributed by atoms with van der Waals surface area (Å²) in [5.74, 6) is -0.0630. The lowest BCUT2D eigenvalue weighted by Gasteiger charge is -2.29. The molecular formula is C15H21FN2. The zero-order chi connectivity index (χ0) is 12.4. The van der Waals surface area contributed by atoms with Gasteiger partial charge in [0, 0.05) is 25.7 Å². The van der Waals surface area contributed by atoms with Crippen LogP contribution < -0.4 is 10.2 Å². The van der Waals surface area contributed by atoms with Gasteiger partial charge in [-0.15, -0.1) is 0 Å². The zero-order valence-corrected chi connectivity index (χ0v) is 10.8. The van der Waals surface area contributed by atoms with Gasteiger partial charge in [0.05, 0.1) is 5.69 Å². The Bertz CT molecular complexity index is 409. The van der Waals surface area contributed by atoms with Crippen molar-refractivity contribution in [1.82, 2.24) is 5.32 Å². The first-order valence-electron chi connectivity index (χ1n) is 7.10. The average molecular weight is 248 g/mol. The van der Waals surface area contributed by atoms with Crippen LogP contribution in [0.2, 0.25) is 0 Å². The molecule has 1 aromatic carbocycles. The molecule has 1 aliphatic carbocycles. The van der Waals surface area contributed by atoms with Gasteiger partial charge in [-0.3, -0.25) is 0 Å². The number of nitrogens with zero attached hydrogens (tertiary/aromatic N) is 1. The van der Waals surface area contributed by atoms with Crippen LogP contribution in [0.15, 0.2) is 18.2 Å². The maximum absolute atomic E-state index is 14.1. The van der Waals surface area contributed by atoms with E-state index in [0.29, 0.717) is 6.04 Å². The van der Waals surface area contributed by atoms with Crippen LogP contribution in [0.5, 0.6) is 0 Å². The maximum atomic E-state index is 14.1. The number of benzene rings is 1. The molecule has 1 saturated heterocycles. The van der Waals surface area contributed by atoms with Gasteiger partial charge in [0.2, 0.25) is 0 Å². The fourth-order valence-electron chi connectivity index (χ4n) is 2.60. The summed E-state index contributed by atoms with van der Waals surface area (Å²) in [5, 5.41) is 3.42. The van der Waals surface area contributed by atoms with E-state index in [-0.39, 0.29) is 5.82 Å². The molecule has 3 rings (SSSR count). The van der Waals surface area contributed by atoms with Crippen molar-refractivity contribution in [3.63, 3.8) is 0 Å². The van der Waals surface area contributed by atoms with Crippen LogP contribution in [0, 0.1) is 5.82 Å². The monoisotopic (exact) mass is 248 g/mol. The van der Waals surface area contributed by atoms with Gasteiger partial charge in [-0.2, -0.15) is 0 Å². The number of anilines is 1. The minimum Gasteiger partial charge on any atom is -0.369 e. The molecule has 0 amide bonds. The van der Waals surface area contributed by atoms with Crippen molar-refractivity contribution in [2.45, 2.75) is 44.7 Å². The van der Waals surface area contributed by atoms with E-state index < -0.39 is 0 Å². The second kappa shape index (κ2) is 5.27. The number of hydrogen-bond acceptors (Lipinski definition) is 2. The molecule has 0 radical (unpaired) electrons.